The number of hydrogen-bond acceptors (Lipinski definition) is 5. The van der Waals surface area contributed by atoms with Gasteiger partial charge in [-0.2, -0.15) is 0 Å². The first-order valence-corrected chi connectivity index (χ1v) is 8.33. The van der Waals surface area contributed by atoms with Crippen LogP contribution in [0, 0.1) is 5.82 Å². The molecule has 2 heterocycles. The highest BCUT2D eigenvalue weighted by Gasteiger charge is 2.29. The lowest BCUT2D eigenvalue weighted by Crippen LogP contribution is -2.48. The van der Waals surface area contributed by atoms with Gasteiger partial charge in [-0.3, -0.25) is 9.69 Å². The van der Waals surface area contributed by atoms with Crippen molar-refractivity contribution >= 4 is 22.4 Å². The van der Waals surface area contributed by atoms with E-state index in [9.17, 15) is 9.18 Å². The largest absolute Gasteiger partial charge is 0.371 e. The van der Waals surface area contributed by atoms with Crippen molar-refractivity contribution in [3.8, 4) is 0 Å². The van der Waals surface area contributed by atoms with Gasteiger partial charge in [-0.25, -0.2) is 9.37 Å². The number of ether oxygens (including phenoxy) is 1. The van der Waals surface area contributed by atoms with E-state index >= 15 is 0 Å². The van der Waals surface area contributed by atoms with Crippen LogP contribution >= 0.6 is 11.3 Å². The molecule has 3 rings (SSSR count). The summed E-state index contributed by atoms with van der Waals surface area (Å²) in [4.78, 5) is 18.5. The van der Waals surface area contributed by atoms with Gasteiger partial charge in [0.2, 0.25) is 5.91 Å². The van der Waals surface area contributed by atoms with Crippen LogP contribution < -0.4 is 5.32 Å². The third-order valence-electron chi connectivity index (χ3n) is 3.93. The molecule has 122 valence electrons. The highest BCUT2D eigenvalue weighted by atomic mass is 32.1. The zero-order valence-corrected chi connectivity index (χ0v) is 13.6. The topological polar surface area (TPSA) is 54.5 Å². The van der Waals surface area contributed by atoms with Gasteiger partial charge in [-0.15, -0.1) is 11.3 Å². The SMILES string of the molecule is C[C@@H](C(=O)Nc1nccs1)N1CCO[C@@H](c2ccc(F)cc2)C1. The molecule has 0 bridgehead atoms. The molecule has 0 unspecified atom stereocenters. The second kappa shape index (κ2) is 7.16. The summed E-state index contributed by atoms with van der Waals surface area (Å²) in [6, 6.07) is 6.02. The number of nitrogens with zero attached hydrogens (tertiary/aromatic N) is 2. The van der Waals surface area contributed by atoms with Crippen LogP contribution in [0.5, 0.6) is 0 Å². The van der Waals surface area contributed by atoms with E-state index in [1.165, 1.54) is 23.5 Å². The summed E-state index contributed by atoms with van der Waals surface area (Å²) in [7, 11) is 0. The third-order valence-corrected chi connectivity index (χ3v) is 4.62. The van der Waals surface area contributed by atoms with Crippen LogP contribution in [-0.4, -0.2) is 41.5 Å². The number of carbonyl (C=O) groups excluding carboxylic acids is 1. The van der Waals surface area contributed by atoms with Gasteiger partial charge in [0.25, 0.3) is 0 Å². The summed E-state index contributed by atoms with van der Waals surface area (Å²) < 4.78 is 18.8. The summed E-state index contributed by atoms with van der Waals surface area (Å²) in [5.74, 6) is -0.350. The molecule has 1 aromatic carbocycles. The Morgan fingerprint density at radius 2 is 2.26 bits per heavy atom. The number of rotatable bonds is 4. The Morgan fingerprint density at radius 1 is 1.48 bits per heavy atom. The molecule has 0 spiro atoms. The number of aromatic nitrogens is 1. The van der Waals surface area contributed by atoms with Crippen molar-refractivity contribution in [2.24, 2.45) is 0 Å². The smallest absolute Gasteiger partial charge is 0.243 e. The normalized spacial score (nSPS) is 20.2. The van der Waals surface area contributed by atoms with Crippen LogP contribution in [0.4, 0.5) is 9.52 Å². The molecular weight excluding hydrogens is 317 g/mol. The van der Waals surface area contributed by atoms with Gasteiger partial charge in [0.15, 0.2) is 5.13 Å². The second-order valence-electron chi connectivity index (χ2n) is 5.41. The van der Waals surface area contributed by atoms with Crippen molar-refractivity contribution in [1.29, 1.82) is 0 Å². The Balaban J connectivity index is 1.63. The zero-order chi connectivity index (χ0) is 16.2. The summed E-state index contributed by atoms with van der Waals surface area (Å²) >= 11 is 1.39. The van der Waals surface area contributed by atoms with Crippen LogP contribution in [-0.2, 0) is 9.53 Å². The van der Waals surface area contributed by atoms with Gasteiger partial charge >= 0.3 is 0 Å². The van der Waals surface area contributed by atoms with Gasteiger partial charge in [-0.05, 0) is 24.6 Å². The average Bonchev–Trinajstić information content (AvgIpc) is 3.08. The second-order valence-corrected chi connectivity index (χ2v) is 6.30. The van der Waals surface area contributed by atoms with Crippen molar-refractivity contribution in [2.45, 2.75) is 19.1 Å². The lowest BCUT2D eigenvalue weighted by molar-refractivity contribution is -0.124. The van der Waals surface area contributed by atoms with Gasteiger partial charge < -0.3 is 10.1 Å². The average molecular weight is 335 g/mol. The molecule has 1 amide bonds. The molecule has 0 saturated carbocycles. The monoisotopic (exact) mass is 335 g/mol. The number of halogens is 1. The molecular formula is C16H18FN3O2S. The van der Waals surface area contributed by atoms with Gasteiger partial charge in [0.05, 0.1) is 18.8 Å². The number of nitrogens with one attached hydrogen (secondary N) is 1. The number of morpholine rings is 1. The summed E-state index contributed by atoms with van der Waals surface area (Å²) in [6.45, 7) is 3.69. The molecule has 1 fully saturated rings. The van der Waals surface area contributed by atoms with Crippen LogP contribution in [0.25, 0.3) is 0 Å². The van der Waals surface area contributed by atoms with Gasteiger partial charge in [-0.1, -0.05) is 12.1 Å². The van der Waals surface area contributed by atoms with Crippen LogP contribution in [0.1, 0.15) is 18.6 Å². The van der Waals surface area contributed by atoms with E-state index < -0.39 is 0 Å². The number of amides is 1. The Labute approximate surface area is 138 Å². The molecule has 2 aromatic rings. The van der Waals surface area contributed by atoms with Crippen LogP contribution in [0.2, 0.25) is 0 Å². The lowest BCUT2D eigenvalue weighted by atomic mass is 10.1. The first-order chi connectivity index (χ1) is 11.1. The number of benzene rings is 1. The van der Waals surface area contributed by atoms with Crippen molar-refractivity contribution < 1.29 is 13.9 Å². The third kappa shape index (κ3) is 3.93. The molecule has 2 atom stereocenters. The lowest BCUT2D eigenvalue weighted by Gasteiger charge is -2.36. The van der Waals surface area contributed by atoms with E-state index in [2.05, 4.69) is 15.2 Å². The minimum atomic E-state index is -0.286. The summed E-state index contributed by atoms with van der Waals surface area (Å²) in [5.41, 5.74) is 0.920. The van der Waals surface area contributed by atoms with E-state index in [-0.39, 0.29) is 23.9 Å². The van der Waals surface area contributed by atoms with E-state index in [0.717, 1.165) is 5.56 Å². The summed E-state index contributed by atoms with van der Waals surface area (Å²) in [5, 5.41) is 5.24. The maximum atomic E-state index is 13.0. The summed E-state index contributed by atoms with van der Waals surface area (Å²) in [6.07, 6.45) is 1.50. The maximum Gasteiger partial charge on any atom is 0.243 e. The van der Waals surface area contributed by atoms with Crippen molar-refractivity contribution in [1.82, 2.24) is 9.88 Å². The Bertz CT molecular complexity index is 648. The Kier molecular flexibility index (Phi) is 5.00. The minimum Gasteiger partial charge on any atom is -0.371 e. The standard InChI is InChI=1S/C16H18FN3O2S/c1-11(15(21)19-16-18-6-9-23-16)20-7-8-22-14(10-20)12-2-4-13(17)5-3-12/h2-6,9,11,14H,7-8,10H2,1H3,(H,18,19,21)/t11-,14+/m0/s1. The van der Waals surface area contributed by atoms with Crippen molar-refractivity contribution in [2.75, 3.05) is 25.0 Å². The Morgan fingerprint density at radius 3 is 2.96 bits per heavy atom. The molecule has 1 aromatic heterocycles. The number of anilines is 1. The highest BCUT2D eigenvalue weighted by molar-refractivity contribution is 7.13. The first-order valence-electron chi connectivity index (χ1n) is 7.45. The molecule has 1 N–H and O–H groups in total. The molecule has 23 heavy (non-hydrogen) atoms. The molecule has 1 saturated heterocycles. The number of thiazole rings is 1. The van der Waals surface area contributed by atoms with Crippen molar-refractivity contribution in [3.63, 3.8) is 0 Å². The van der Waals surface area contributed by atoms with Crippen molar-refractivity contribution in [3.05, 3.63) is 47.2 Å². The number of carbonyl (C=O) groups is 1. The first kappa shape index (κ1) is 16.0. The van der Waals surface area contributed by atoms with E-state index in [4.69, 9.17) is 4.74 Å². The fraction of sp³-hybridized carbons (Fsp3) is 0.375. The quantitative estimate of drug-likeness (QED) is 0.933. The predicted molar refractivity (Wildman–Crippen MR) is 86.9 cm³/mol. The molecule has 1 aliphatic heterocycles. The highest BCUT2D eigenvalue weighted by Crippen LogP contribution is 2.24. The van der Waals surface area contributed by atoms with Crippen LogP contribution in [0.3, 0.4) is 0 Å². The minimum absolute atomic E-state index is 0.0836. The zero-order valence-electron chi connectivity index (χ0n) is 12.7. The molecule has 0 radical (unpaired) electrons. The molecule has 7 heteroatoms. The molecule has 1 aliphatic rings. The number of hydrogen-bond donors (Lipinski definition) is 1. The van der Waals surface area contributed by atoms with E-state index in [1.807, 2.05) is 12.3 Å². The molecule has 0 aliphatic carbocycles. The van der Waals surface area contributed by atoms with Crippen LogP contribution in [0.15, 0.2) is 35.8 Å². The molecule has 5 nitrogen and oxygen atoms in total. The Hall–Kier alpha value is -1.83. The van der Waals surface area contributed by atoms with E-state index in [1.54, 1.807) is 18.3 Å². The van der Waals surface area contributed by atoms with Gasteiger partial charge in [0, 0.05) is 24.7 Å². The fourth-order valence-corrected chi connectivity index (χ4v) is 3.09. The van der Waals surface area contributed by atoms with E-state index in [0.29, 0.717) is 24.8 Å². The fourth-order valence-electron chi connectivity index (χ4n) is 2.56. The predicted octanol–water partition coefficient (Wildman–Crippen LogP) is 2.68. The maximum absolute atomic E-state index is 13.0. The van der Waals surface area contributed by atoms with Gasteiger partial charge in [0.1, 0.15) is 5.82 Å².